The fraction of sp³-hybridized carbons (Fsp3) is 0.444. The van der Waals surface area contributed by atoms with Crippen molar-refractivity contribution in [3.63, 3.8) is 0 Å². The van der Waals surface area contributed by atoms with Gasteiger partial charge in [0.25, 0.3) is 5.91 Å². The van der Waals surface area contributed by atoms with Crippen LogP contribution in [0.4, 0.5) is 5.69 Å². The third-order valence-electron chi connectivity index (χ3n) is 3.45. The molecule has 1 N–H and O–H groups in total. The largest absolute Gasteiger partial charge is 0.368 e. The van der Waals surface area contributed by atoms with Crippen LogP contribution >= 0.6 is 0 Å². The Labute approximate surface area is 138 Å². The topological polar surface area (TPSA) is 58.6 Å². The second kappa shape index (κ2) is 9.79. The van der Waals surface area contributed by atoms with Gasteiger partial charge in [-0.05, 0) is 38.0 Å². The summed E-state index contributed by atoms with van der Waals surface area (Å²) in [6.45, 7) is 10.5. The molecule has 0 saturated heterocycles. The number of benzene rings is 1. The first-order valence-corrected chi connectivity index (χ1v) is 7.85. The molecule has 1 unspecified atom stereocenters. The van der Waals surface area contributed by atoms with Crippen molar-refractivity contribution in [1.29, 1.82) is 0 Å². The summed E-state index contributed by atoms with van der Waals surface area (Å²) < 4.78 is 5.42. The van der Waals surface area contributed by atoms with Crippen LogP contribution in [-0.2, 0) is 20.9 Å². The number of ether oxygens (including phenoxy) is 1. The molecule has 0 radical (unpaired) electrons. The van der Waals surface area contributed by atoms with Gasteiger partial charge in [-0.15, -0.1) is 6.58 Å². The quantitative estimate of drug-likeness (QED) is 0.562. The highest BCUT2D eigenvalue weighted by Gasteiger charge is 2.13. The molecule has 0 aliphatic rings. The minimum atomic E-state index is -0.525. The van der Waals surface area contributed by atoms with Crippen molar-refractivity contribution in [3.8, 4) is 0 Å². The van der Waals surface area contributed by atoms with E-state index in [0.29, 0.717) is 31.8 Å². The zero-order chi connectivity index (χ0) is 17.2. The van der Waals surface area contributed by atoms with E-state index in [1.54, 1.807) is 24.8 Å². The number of hydrogen-bond donors (Lipinski definition) is 1. The van der Waals surface area contributed by atoms with Crippen molar-refractivity contribution in [1.82, 2.24) is 4.90 Å². The second-order valence-corrected chi connectivity index (χ2v) is 5.31. The normalized spacial score (nSPS) is 11.6. The predicted molar refractivity (Wildman–Crippen MR) is 92.1 cm³/mol. The number of carbonyl (C=O) groups is 2. The number of hydrogen-bond acceptors (Lipinski definition) is 3. The Kier molecular flexibility index (Phi) is 8.05. The zero-order valence-corrected chi connectivity index (χ0v) is 14.2. The van der Waals surface area contributed by atoms with Gasteiger partial charge in [0, 0.05) is 25.7 Å². The molecule has 0 saturated carbocycles. The highest BCUT2D eigenvalue weighted by molar-refractivity contribution is 5.93. The van der Waals surface area contributed by atoms with E-state index < -0.39 is 6.10 Å². The van der Waals surface area contributed by atoms with E-state index in [0.717, 1.165) is 5.56 Å². The van der Waals surface area contributed by atoms with Crippen molar-refractivity contribution >= 4 is 17.5 Å². The first-order valence-electron chi connectivity index (χ1n) is 7.85. The van der Waals surface area contributed by atoms with E-state index in [-0.39, 0.29) is 11.8 Å². The first kappa shape index (κ1) is 18.9. The van der Waals surface area contributed by atoms with Gasteiger partial charge in [0.05, 0.1) is 6.61 Å². The molecule has 1 rings (SSSR count). The van der Waals surface area contributed by atoms with Crippen LogP contribution in [0.2, 0.25) is 0 Å². The SMILES string of the molecule is C=CCCOC(C)C(=O)Nc1cccc(CN(CC)C(C)=O)c1. The number of rotatable bonds is 9. The summed E-state index contributed by atoms with van der Waals surface area (Å²) >= 11 is 0. The lowest BCUT2D eigenvalue weighted by Gasteiger charge is -2.19. The molecule has 2 amide bonds. The fourth-order valence-electron chi connectivity index (χ4n) is 2.06. The predicted octanol–water partition coefficient (Wildman–Crippen LogP) is 2.97. The van der Waals surface area contributed by atoms with Crippen LogP contribution < -0.4 is 5.32 Å². The van der Waals surface area contributed by atoms with E-state index in [1.807, 2.05) is 31.2 Å². The van der Waals surface area contributed by atoms with Gasteiger partial charge in [-0.2, -0.15) is 0 Å². The van der Waals surface area contributed by atoms with E-state index in [1.165, 1.54) is 0 Å². The first-order chi connectivity index (χ1) is 11.0. The molecule has 0 fully saturated rings. The lowest BCUT2D eigenvalue weighted by molar-refractivity contribution is -0.129. The van der Waals surface area contributed by atoms with Gasteiger partial charge in [-0.3, -0.25) is 9.59 Å². The highest BCUT2D eigenvalue weighted by Crippen LogP contribution is 2.13. The smallest absolute Gasteiger partial charge is 0.253 e. The molecule has 5 heteroatoms. The van der Waals surface area contributed by atoms with E-state index in [4.69, 9.17) is 4.74 Å². The Morgan fingerprint density at radius 2 is 2.17 bits per heavy atom. The number of anilines is 1. The van der Waals surface area contributed by atoms with Gasteiger partial charge in [0.15, 0.2) is 0 Å². The van der Waals surface area contributed by atoms with Gasteiger partial charge < -0.3 is 15.0 Å². The van der Waals surface area contributed by atoms with Crippen LogP contribution in [0.25, 0.3) is 0 Å². The van der Waals surface area contributed by atoms with Crippen molar-refractivity contribution in [3.05, 3.63) is 42.5 Å². The van der Waals surface area contributed by atoms with E-state index in [2.05, 4.69) is 11.9 Å². The molecule has 0 heterocycles. The molecule has 1 aromatic carbocycles. The van der Waals surface area contributed by atoms with Crippen molar-refractivity contribution in [2.45, 2.75) is 39.8 Å². The minimum absolute atomic E-state index is 0.0335. The molecule has 0 aliphatic heterocycles. The molecule has 1 aromatic rings. The van der Waals surface area contributed by atoms with E-state index in [9.17, 15) is 9.59 Å². The summed E-state index contributed by atoms with van der Waals surface area (Å²) in [5, 5.41) is 2.84. The number of nitrogens with zero attached hydrogens (tertiary/aromatic N) is 1. The summed E-state index contributed by atoms with van der Waals surface area (Å²) in [5.41, 5.74) is 1.67. The zero-order valence-electron chi connectivity index (χ0n) is 14.2. The highest BCUT2D eigenvalue weighted by atomic mass is 16.5. The number of nitrogens with one attached hydrogen (secondary N) is 1. The lowest BCUT2D eigenvalue weighted by atomic mass is 10.2. The monoisotopic (exact) mass is 318 g/mol. The summed E-state index contributed by atoms with van der Waals surface area (Å²) in [6, 6.07) is 7.50. The molecule has 0 aromatic heterocycles. The molecule has 5 nitrogen and oxygen atoms in total. The van der Waals surface area contributed by atoms with Crippen LogP contribution in [0.5, 0.6) is 0 Å². The summed E-state index contributed by atoms with van der Waals surface area (Å²) in [4.78, 5) is 25.3. The molecular weight excluding hydrogens is 292 g/mol. The Morgan fingerprint density at radius 3 is 2.78 bits per heavy atom. The molecule has 1 atom stereocenters. The van der Waals surface area contributed by atoms with Gasteiger partial charge >= 0.3 is 0 Å². The molecule has 126 valence electrons. The maximum Gasteiger partial charge on any atom is 0.253 e. The van der Waals surface area contributed by atoms with Crippen LogP contribution in [-0.4, -0.2) is 36.0 Å². The fourth-order valence-corrected chi connectivity index (χ4v) is 2.06. The van der Waals surface area contributed by atoms with Crippen molar-refractivity contribution in [2.75, 3.05) is 18.5 Å². The third-order valence-corrected chi connectivity index (χ3v) is 3.45. The Hall–Kier alpha value is -2.14. The molecule has 23 heavy (non-hydrogen) atoms. The average molecular weight is 318 g/mol. The van der Waals surface area contributed by atoms with Crippen molar-refractivity contribution < 1.29 is 14.3 Å². The summed E-state index contributed by atoms with van der Waals surface area (Å²) in [6.07, 6.45) is 1.94. The summed E-state index contributed by atoms with van der Waals surface area (Å²) in [5.74, 6) is -0.156. The second-order valence-electron chi connectivity index (χ2n) is 5.31. The van der Waals surface area contributed by atoms with Crippen LogP contribution in [0.1, 0.15) is 32.8 Å². The third kappa shape index (κ3) is 6.65. The maximum atomic E-state index is 12.1. The molecule has 0 bridgehead atoms. The summed E-state index contributed by atoms with van der Waals surface area (Å²) in [7, 11) is 0. The van der Waals surface area contributed by atoms with Gasteiger partial charge in [0.2, 0.25) is 5.91 Å². The minimum Gasteiger partial charge on any atom is -0.368 e. The van der Waals surface area contributed by atoms with Crippen LogP contribution in [0.3, 0.4) is 0 Å². The Balaban J connectivity index is 2.64. The van der Waals surface area contributed by atoms with Gasteiger partial charge in [-0.1, -0.05) is 18.2 Å². The molecule has 0 aliphatic carbocycles. The van der Waals surface area contributed by atoms with E-state index >= 15 is 0 Å². The number of carbonyl (C=O) groups excluding carboxylic acids is 2. The Morgan fingerprint density at radius 1 is 1.43 bits per heavy atom. The molecular formula is C18H26N2O3. The average Bonchev–Trinajstić information content (AvgIpc) is 2.52. The van der Waals surface area contributed by atoms with Gasteiger partial charge in [-0.25, -0.2) is 0 Å². The van der Waals surface area contributed by atoms with Crippen LogP contribution in [0, 0.1) is 0 Å². The maximum absolute atomic E-state index is 12.1. The van der Waals surface area contributed by atoms with Gasteiger partial charge in [0.1, 0.15) is 6.10 Å². The number of amides is 2. The Bertz CT molecular complexity index is 543. The van der Waals surface area contributed by atoms with Crippen molar-refractivity contribution in [2.24, 2.45) is 0 Å². The standard InChI is InChI=1S/C18H26N2O3/c1-5-7-11-23-14(3)18(22)19-17-10-8-9-16(12-17)13-20(6-2)15(4)21/h5,8-10,12,14H,1,6-7,11,13H2,2-4H3,(H,19,22). The molecule has 0 spiro atoms. The lowest BCUT2D eigenvalue weighted by Crippen LogP contribution is -2.29. The van der Waals surface area contributed by atoms with Crippen LogP contribution in [0.15, 0.2) is 36.9 Å².